The second-order valence-electron chi connectivity index (χ2n) is 7.46. The summed E-state index contributed by atoms with van der Waals surface area (Å²) in [7, 11) is 0. The summed E-state index contributed by atoms with van der Waals surface area (Å²) in [6.45, 7) is 6.62. The summed E-state index contributed by atoms with van der Waals surface area (Å²) < 4.78 is 5.89. The van der Waals surface area contributed by atoms with E-state index in [0.29, 0.717) is 23.8 Å². The Morgan fingerprint density at radius 2 is 2.12 bits per heavy atom. The van der Waals surface area contributed by atoms with Crippen molar-refractivity contribution >= 4 is 11.0 Å². The number of nitriles is 1. The molecule has 2 aromatic heterocycles. The molecule has 5 heteroatoms. The third kappa shape index (κ3) is 3.87. The molecule has 3 N–H and O–H groups in total. The van der Waals surface area contributed by atoms with Gasteiger partial charge in [0.2, 0.25) is 0 Å². The smallest absolute Gasteiger partial charge is 0.137 e. The molecule has 0 aliphatic rings. The van der Waals surface area contributed by atoms with E-state index in [1.165, 1.54) is 0 Å². The SMILES string of the molecule is CC(C)C[C@](C)(N)COc1ccc(-c2ccnc3cc[nH]c23)cc1C#N. The van der Waals surface area contributed by atoms with Crippen LogP contribution in [0, 0.1) is 17.2 Å². The van der Waals surface area contributed by atoms with Gasteiger partial charge in [0, 0.05) is 23.5 Å². The van der Waals surface area contributed by atoms with Gasteiger partial charge in [-0.1, -0.05) is 19.9 Å². The van der Waals surface area contributed by atoms with Gasteiger partial charge in [-0.2, -0.15) is 5.26 Å². The minimum Gasteiger partial charge on any atom is -0.490 e. The van der Waals surface area contributed by atoms with Gasteiger partial charge >= 0.3 is 0 Å². The number of nitrogens with two attached hydrogens (primary N) is 1. The van der Waals surface area contributed by atoms with E-state index < -0.39 is 5.54 Å². The second-order valence-corrected chi connectivity index (χ2v) is 7.46. The molecule has 0 spiro atoms. The highest BCUT2D eigenvalue weighted by molar-refractivity contribution is 5.91. The monoisotopic (exact) mass is 348 g/mol. The van der Waals surface area contributed by atoms with Crippen LogP contribution in [-0.2, 0) is 0 Å². The van der Waals surface area contributed by atoms with Crippen LogP contribution in [-0.4, -0.2) is 22.1 Å². The van der Waals surface area contributed by atoms with Crippen LogP contribution in [0.3, 0.4) is 0 Å². The van der Waals surface area contributed by atoms with Crippen molar-refractivity contribution in [2.24, 2.45) is 11.7 Å². The molecule has 26 heavy (non-hydrogen) atoms. The first-order valence-electron chi connectivity index (χ1n) is 8.78. The number of nitrogens with zero attached hydrogens (tertiary/aromatic N) is 2. The van der Waals surface area contributed by atoms with Gasteiger partial charge in [0.25, 0.3) is 0 Å². The molecule has 134 valence electrons. The minimum atomic E-state index is -0.429. The van der Waals surface area contributed by atoms with Crippen LogP contribution in [0.2, 0.25) is 0 Å². The summed E-state index contributed by atoms with van der Waals surface area (Å²) in [5, 5.41) is 9.56. The number of H-pyrrole nitrogens is 1. The molecule has 0 bridgehead atoms. The summed E-state index contributed by atoms with van der Waals surface area (Å²) in [5.41, 5.74) is 10.2. The van der Waals surface area contributed by atoms with Crippen LogP contribution in [0.1, 0.15) is 32.8 Å². The fourth-order valence-electron chi connectivity index (χ4n) is 3.35. The maximum absolute atomic E-state index is 9.56. The standard InChI is InChI=1S/C21H24N4O/c1-14(2)11-21(3,23)13-26-19-5-4-15(10-16(19)12-22)17-6-8-24-18-7-9-25-20(17)18/h4-10,14,25H,11,13,23H2,1-3H3/t21-/m0/s1. The molecule has 1 atom stereocenters. The van der Waals surface area contributed by atoms with E-state index in [1.54, 1.807) is 6.20 Å². The van der Waals surface area contributed by atoms with Crippen molar-refractivity contribution in [3.8, 4) is 22.9 Å². The first-order valence-corrected chi connectivity index (χ1v) is 8.78. The van der Waals surface area contributed by atoms with Crippen molar-refractivity contribution in [2.75, 3.05) is 6.61 Å². The van der Waals surface area contributed by atoms with Gasteiger partial charge < -0.3 is 15.5 Å². The molecule has 0 unspecified atom stereocenters. The van der Waals surface area contributed by atoms with Crippen LogP contribution >= 0.6 is 0 Å². The molecule has 0 fully saturated rings. The van der Waals surface area contributed by atoms with Crippen molar-refractivity contribution in [3.63, 3.8) is 0 Å². The van der Waals surface area contributed by atoms with Crippen LogP contribution in [0.15, 0.2) is 42.7 Å². The second kappa shape index (κ2) is 7.19. The molecule has 3 aromatic rings. The Balaban J connectivity index is 1.87. The fourth-order valence-corrected chi connectivity index (χ4v) is 3.35. The van der Waals surface area contributed by atoms with E-state index in [0.717, 1.165) is 28.6 Å². The molecule has 5 nitrogen and oxygen atoms in total. The van der Waals surface area contributed by atoms with E-state index in [9.17, 15) is 5.26 Å². The Kier molecular flexibility index (Phi) is 4.97. The van der Waals surface area contributed by atoms with E-state index in [2.05, 4.69) is 29.9 Å². The molecule has 0 aliphatic carbocycles. The first-order chi connectivity index (χ1) is 12.4. The van der Waals surface area contributed by atoms with Crippen LogP contribution in [0.5, 0.6) is 5.75 Å². The summed E-state index contributed by atoms with van der Waals surface area (Å²) in [4.78, 5) is 7.54. The topological polar surface area (TPSA) is 87.7 Å². The molecular formula is C21H24N4O. The van der Waals surface area contributed by atoms with Gasteiger partial charge in [-0.25, -0.2) is 0 Å². The Hall–Kier alpha value is -2.84. The van der Waals surface area contributed by atoms with Crippen LogP contribution in [0.4, 0.5) is 0 Å². The van der Waals surface area contributed by atoms with E-state index in [4.69, 9.17) is 10.5 Å². The minimum absolute atomic E-state index is 0.370. The Labute approximate surface area is 153 Å². The lowest BCUT2D eigenvalue weighted by Gasteiger charge is -2.26. The molecule has 0 radical (unpaired) electrons. The highest BCUT2D eigenvalue weighted by Crippen LogP contribution is 2.30. The van der Waals surface area contributed by atoms with E-state index in [1.807, 2.05) is 43.5 Å². The number of benzene rings is 1. The lowest BCUT2D eigenvalue weighted by Crippen LogP contribution is -2.43. The number of aromatic nitrogens is 2. The molecule has 0 amide bonds. The van der Waals surface area contributed by atoms with Crippen LogP contribution in [0.25, 0.3) is 22.2 Å². The van der Waals surface area contributed by atoms with Crippen molar-refractivity contribution in [1.29, 1.82) is 5.26 Å². The van der Waals surface area contributed by atoms with Gasteiger partial charge in [-0.05, 0) is 49.1 Å². The third-order valence-corrected chi connectivity index (χ3v) is 4.29. The maximum atomic E-state index is 9.56. The van der Waals surface area contributed by atoms with Crippen LogP contribution < -0.4 is 10.5 Å². The highest BCUT2D eigenvalue weighted by atomic mass is 16.5. The Morgan fingerprint density at radius 1 is 1.31 bits per heavy atom. The first kappa shape index (κ1) is 18.0. The largest absolute Gasteiger partial charge is 0.490 e. The zero-order valence-corrected chi connectivity index (χ0v) is 15.4. The average molecular weight is 348 g/mol. The number of hydrogen-bond acceptors (Lipinski definition) is 4. The lowest BCUT2D eigenvalue weighted by atomic mass is 9.93. The highest BCUT2D eigenvalue weighted by Gasteiger charge is 2.22. The summed E-state index contributed by atoms with van der Waals surface area (Å²) >= 11 is 0. The number of aromatic amines is 1. The van der Waals surface area contributed by atoms with E-state index >= 15 is 0 Å². The fraction of sp³-hybridized carbons (Fsp3) is 0.333. The molecule has 0 aliphatic heterocycles. The van der Waals surface area contributed by atoms with Crippen molar-refractivity contribution < 1.29 is 4.74 Å². The van der Waals surface area contributed by atoms with Crippen molar-refractivity contribution in [3.05, 3.63) is 48.3 Å². The van der Waals surface area contributed by atoms with E-state index in [-0.39, 0.29) is 0 Å². The summed E-state index contributed by atoms with van der Waals surface area (Å²) in [6.07, 6.45) is 4.49. The number of rotatable bonds is 6. The lowest BCUT2D eigenvalue weighted by molar-refractivity contribution is 0.206. The molecule has 0 saturated carbocycles. The zero-order chi connectivity index (χ0) is 18.7. The quantitative estimate of drug-likeness (QED) is 0.697. The number of fused-ring (bicyclic) bond motifs is 1. The summed E-state index contributed by atoms with van der Waals surface area (Å²) in [5.74, 6) is 1.05. The Bertz CT molecular complexity index is 950. The van der Waals surface area contributed by atoms with Crippen molar-refractivity contribution in [2.45, 2.75) is 32.7 Å². The summed E-state index contributed by atoms with van der Waals surface area (Å²) in [6, 6.07) is 11.8. The third-order valence-electron chi connectivity index (χ3n) is 4.29. The van der Waals surface area contributed by atoms with Gasteiger partial charge in [0.1, 0.15) is 18.4 Å². The average Bonchev–Trinajstić information content (AvgIpc) is 3.07. The molecular weight excluding hydrogens is 324 g/mol. The van der Waals surface area contributed by atoms with Gasteiger partial charge in [0.15, 0.2) is 0 Å². The molecule has 3 rings (SSSR count). The van der Waals surface area contributed by atoms with Gasteiger partial charge in [-0.15, -0.1) is 0 Å². The maximum Gasteiger partial charge on any atom is 0.137 e. The predicted molar refractivity (Wildman–Crippen MR) is 104 cm³/mol. The normalized spacial score (nSPS) is 13.5. The Morgan fingerprint density at radius 3 is 2.85 bits per heavy atom. The number of nitrogens with one attached hydrogen (secondary N) is 1. The molecule has 0 saturated heterocycles. The number of pyridine rings is 1. The number of ether oxygens (including phenoxy) is 1. The number of hydrogen-bond donors (Lipinski definition) is 2. The van der Waals surface area contributed by atoms with Gasteiger partial charge in [-0.3, -0.25) is 4.98 Å². The van der Waals surface area contributed by atoms with Gasteiger partial charge in [0.05, 0.1) is 16.6 Å². The zero-order valence-electron chi connectivity index (χ0n) is 15.4. The molecule has 2 heterocycles. The predicted octanol–water partition coefficient (Wildman–Crippen LogP) is 4.24. The van der Waals surface area contributed by atoms with Crippen molar-refractivity contribution in [1.82, 2.24) is 9.97 Å². The molecule has 1 aromatic carbocycles.